The van der Waals surface area contributed by atoms with Crippen molar-refractivity contribution in [2.24, 2.45) is 0 Å². The fourth-order valence-corrected chi connectivity index (χ4v) is 3.10. The molecule has 0 aliphatic carbocycles. The topological polar surface area (TPSA) is 83.2 Å². The lowest BCUT2D eigenvalue weighted by Gasteiger charge is -2.07. The third-order valence-corrected chi connectivity index (χ3v) is 4.68. The summed E-state index contributed by atoms with van der Waals surface area (Å²) in [6.45, 7) is 4.14. The van der Waals surface area contributed by atoms with Gasteiger partial charge in [-0.15, -0.1) is 10.2 Å². The van der Waals surface area contributed by atoms with Gasteiger partial charge in [0.2, 0.25) is 5.88 Å². The monoisotopic (exact) mass is 424 g/mol. The van der Waals surface area contributed by atoms with Crippen LogP contribution in [-0.2, 0) is 6.61 Å². The maximum Gasteiger partial charge on any atom is 0.284 e. The Hall–Kier alpha value is -3.46. The summed E-state index contributed by atoms with van der Waals surface area (Å²) in [6.07, 6.45) is 1.55. The Morgan fingerprint density at radius 1 is 1.03 bits per heavy atom. The zero-order chi connectivity index (χ0) is 20.9. The van der Waals surface area contributed by atoms with Crippen LogP contribution in [0.15, 0.2) is 69.5 Å². The fraction of sp³-hybridized carbons (Fsp3) is 0.143. The maximum atomic E-state index is 13.0. The molecule has 0 spiro atoms. The number of benzene rings is 2. The number of nitrogens with zero attached hydrogens (tertiary/aromatic N) is 4. The van der Waals surface area contributed by atoms with Crippen LogP contribution in [0.1, 0.15) is 17.0 Å². The summed E-state index contributed by atoms with van der Waals surface area (Å²) in [5.74, 6) is 1.57. The molecule has 4 aromatic rings. The second-order valence-electron chi connectivity index (χ2n) is 6.35. The van der Waals surface area contributed by atoms with E-state index in [1.807, 2.05) is 32.0 Å². The van der Waals surface area contributed by atoms with Crippen LogP contribution in [0.2, 0.25) is 0 Å². The average Bonchev–Trinajstić information content (AvgIpc) is 3.18. The first-order valence-electron chi connectivity index (χ1n) is 9.02. The molecule has 30 heavy (non-hydrogen) atoms. The summed E-state index contributed by atoms with van der Waals surface area (Å²) >= 11 is 1.10. The van der Waals surface area contributed by atoms with Crippen LogP contribution in [0.4, 0.5) is 4.39 Å². The Morgan fingerprint density at radius 3 is 2.70 bits per heavy atom. The van der Waals surface area contributed by atoms with Crippen LogP contribution in [0.25, 0.3) is 0 Å². The molecule has 0 fully saturated rings. The highest BCUT2D eigenvalue weighted by atomic mass is 32.2. The summed E-state index contributed by atoms with van der Waals surface area (Å²) in [7, 11) is 0. The normalized spacial score (nSPS) is 10.8. The van der Waals surface area contributed by atoms with E-state index in [1.165, 1.54) is 24.3 Å². The molecule has 0 aliphatic heterocycles. The van der Waals surface area contributed by atoms with Crippen molar-refractivity contribution >= 4 is 11.8 Å². The number of hydrogen-bond donors (Lipinski definition) is 0. The molecule has 152 valence electrons. The number of aryl methyl sites for hydroxylation is 2. The molecule has 0 atom stereocenters. The van der Waals surface area contributed by atoms with E-state index in [0.29, 0.717) is 22.7 Å². The van der Waals surface area contributed by atoms with Gasteiger partial charge in [-0.3, -0.25) is 0 Å². The number of halogens is 1. The van der Waals surface area contributed by atoms with E-state index in [-0.39, 0.29) is 17.6 Å². The van der Waals surface area contributed by atoms with Crippen LogP contribution in [0, 0.1) is 19.7 Å². The van der Waals surface area contributed by atoms with Gasteiger partial charge in [-0.2, -0.15) is 4.98 Å². The van der Waals surface area contributed by atoms with Crippen molar-refractivity contribution in [3.8, 4) is 17.4 Å². The first-order valence-corrected chi connectivity index (χ1v) is 9.83. The zero-order valence-electron chi connectivity index (χ0n) is 16.2. The van der Waals surface area contributed by atoms with Crippen molar-refractivity contribution < 1.29 is 18.3 Å². The van der Waals surface area contributed by atoms with E-state index in [0.717, 1.165) is 28.6 Å². The van der Waals surface area contributed by atoms with Crippen LogP contribution in [0.3, 0.4) is 0 Å². The van der Waals surface area contributed by atoms with Gasteiger partial charge in [-0.1, -0.05) is 12.1 Å². The Balaban J connectivity index is 1.38. The highest BCUT2D eigenvalue weighted by molar-refractivity contribution is 7.98. The van der Waals surface area contributed by atoms with E-state index in [9.17, 15) is 4.39 Å². The van der Waals surface area contributed by atoms with Gasteiger partial charge in [0.25, 0.3) is 11.1 Å². The van der Waals surface area contributed by atoms with E-state index in [1.54, 1.807) is 12.3 Å². The molecule has 0 amide bonds. The standard InChI is InChI=1S/C21H17FN4O3S/c1-13-3-4-14(2)17(11-13)27-12-19-25-26-21(29-19)30-20-23-10-9-18(24-20)28-16-7-5-15(22)6-8-16/h3-11H,12H2,1-2H3. The predicted molar refractivity (Wildman–Crippen MR) is 107 cm³/mol. The van der Waals surface area contributed by atoms with Gasteiger partial charge >= 0.3 is 0 Å². The smallest absolute Gasteiger partial charge is 0.284 e. The van der Waals surface area contributed by atoms with Gasteiger partial charge in [0.15, 0.2) is 11.8 Å². The first-order chi connectivity index (χ1) is 14.5. The Labute approximate surface area is 176 Å². The Kier molecular flexibility index (Phi) is 5.89. The van der Waals surface area contributed by atoms with Gasteiger partial charge < -0.3 is 13.9 Å². The zero-order valence-corrected chi connectivity index (χ0v) is 17.0. The number of rotatable bonds is 7. The summed E-state index contributed by atoms with van der Waals surface area (Å²) in [5.41, 5.74) is 2.14. The van der Waals surface area contributed by atoms with E-state index in [4.69, 9.17) is 13.9 Å². The van der Waals surface area contributed by atoms with Crippen LogP contribution in [0.5, 0.6) is 17.4 Å². The second-order valence-corrected chi connectivity index (χ2v) is 7.27. The van der Waals surface area contributed by atoms with Gasteiger partial charge in [-0.25, -0.2) is 9.37 Å². The highest BCUT2D eigenvalue weighted by Gasteiger charge is 2.12. The minimum atomic E-state index is -0.338. The molecule has 2 aromatic carbocycles. The molecular formula is C21H17FN4O3S. The van der Waals surface area contributed by atoms with Gasteiger partial charge in [0.1, 0.15) is 17.3 Å². The van der Waals surface area contributed by atoms with Crippen molar-refractivity contribution in [3.63, 3.8) is 0 Å². The molecule has 0 saturated heterocycles. The molecule has 0 aliphatic rings. The van der Waals surface area contributed by atoms with Crippen molar-refractivity contribution in [2.75, 3.05) is 0 Å². The van der Waals surface area contributed by atoms with Crippen molar-refractivity contribution in [2.45, 2.75) is 30.8 Å². The van der Waals surface area contributed by atoms with Crippen LogP contribution >= 0.6 is 11.8 Å². The molecule has 0 N–H and O–H groups in total. The lowest BCUT2D eigenvalue weighted by Crippen LogP contribution is -1.97. The van der Waals surface area contributed by atoms with Crippen molar-refractivity contribution in [1.82, 2.24) is 20.2 Å². The molecule has 2 aromatic heterocycles. The largest absolute Gasteiger partial charge is 0.484 e. The molecule has 0 bridgehead atoms. The van der Waals surface area contributed by atoms with E-state index in [2.05, 4.69) is 20.2 Å². The Bertz CT molecular complexity index is 1150. The van der Waals surface area contributed by atoms with Crippen molar-refractivity contribution in [3.05, 3.63) is 77.6 Å². The lowest BCUT2D eigenvalue weighted by molar-refractivity contribution is 0.250. The molecule has 9 heteroatoms. The van der Waals surface area contributed by atoms with Gasteiger partial charge in [0, 0.05) is 24.0 Å². The molecular weight excluding hydrogens is 407 g/mol. The highest BCUT2D eigenvalue weighted by Crippen LogP contribution is 2.27. The third kappa shape index (κ3) is 5.12. The lowest BCUT2D eigenvalue weighted by atomic mass is 10.1. The number of hydrogen-bond acceptors (Lipinski definition) is 8. The molecule has 0 saturated carbocycles. The molecule has 0 radical (unpaired) electrons. The Morgan fingerprint density at radius 2 is 1.87 bits per heavy atom. The summed E-state index contributed by atoms with van der Waals surface area (Å²) in [5, 5.41) is 8.64. The summed E-state index contributed by atoms with van der Waals surface area (Å²) < 4.78 is 30.0. The first kappa shape index (κ1) is 19.8. The van der Waals surface area contributed by atoms with Gasteiger partial charge in [0.05, 0.1) is 0 Å². The molecule has 7 nitrogen and oxygen atoms in total. The maximum absolute atomic E-state index is 13.0. The summed E-state index contributed by atoms with van der Waals surface area (Å²) in [6, 6.07) is 13.2. The fourth-order valence-electron chi connectivity index (χ4n) is 2.47. The minimum absolute atomic E-state index is 0.159. The quantitative estimate of drug-likeness (QED) is 0.377. The van der Waals surface area contributed by atoms with E-state index < -0.39 is 0 Å². The molecule has 0 unspecified atom stereocenters. The predicted octanol–water partition coefficient (Wildman–Crippen LogP) is 5.14. The number of ether oxygens (including phenoxy) is 2. The molecule has 4 rings (SSSR count). The third-order valence-electron chi connectivity index (χ3n) is 3.97. The van der Waals surface area contributed by atoms with Crippen LogP contribution in [-0.4, -0.2) is 20.2 Å². The minimum Gasteiger partial charge on any atom is -0.484 e. The van der Waals surface area contributed by atoms with Gasteiger partial charge in [-0.05, 0) is 55.3 Å². The second kappa shape index (κ2) is 8.91. The number of aromatic nitrogens is 4. The average molecular weight is 424 g/mol. The SMILES string of the molecule is Cc1ccc(C)c(OCc2nnc(Sc3nccc(Oc4ccc(F)cc4)n3)o2)c1. The van der Waals surface area contributed by atoms with Crippen molar-refractivity contribution in [1.29, 1.82) is 0 Å². The van der Waals surface area contributed by atoms with Crippen LogP contribution < -0.4 is 9.47 Å². The summed E-state index contributed by atoms with van der Waals surface area (Å²) in [4.78, 5) is 8.45. The van der Waals surface area contributed by atoms with E-state index >= 15 is 0 Å². The molecule has 2 heterocycles.